The van der Waals surface area contributed by atoms with Crippen LogP contribution >= 0.6 is 0 Å². The van der Waals surface area contributed by atoms with Gasteiger partial charge in [0.2, 0.25) is 11.7 Å². The van der Waals surface area contributed by atoms with Crippen molar-refractivity contribution in [3.8, 4) is 5.75 Å². The maximum absolute atomic E-state index is 14.8. The molecule has 12 nitrogen and oxygen atoms in total. The number of ether oxygens (including phenoxy) is 2. The molecule has 16 heteroatoms. The normalized spacial score (nSPS) is 11.8. The molecule has 2 N–H and O–H groups in total. The number of imidazole rings is 1. The van der Waals surface area contributed by atoms with Crippen molar-refractivity contribution in [2.24, 2.45) is 0 Å². The van der Waals surface area contributed by atoms with E-state index in [0.29, 0.717) is 6.07 Å². The molecule has 0 aliphatic rings. The number of rotatable bonds is 12. The van der Waals surface area contributed by atoms with Crippen molar-refractivity contribution >= 4 is 34.6 Å². The first kappa shape index (κ1) is 35.2. The predicted octanol–water partition coefficient (Wildman–Crippen LogP) is 4.34. The maximum atomic E-state index is 14.8. The first-order valence-corrected chi connectivity index (χ1v) is 14.4. The van der Waals surface area contributed by atoms with Crippen LogP contribution in [-0.4, -0.2) is 76.5 Å². The number of allylic oxidation sites excluding steroid dienone is 1. The van der Waals surface area contributed by atoms with E-state index in [2.05, 4.69) is 15.3 Å². The van der Waals surface area contributed by atoms with E-state index in [1.54, 1.807) is 14.1 Å². The number of hydrogen-bond acceptors (Lipinski definition) is 7. The van der Waals surface area contributed by atoms with Gasteiger partial charge in [-0.05, 0) is 43.2 Å². The van der Waals surface area contributed by atoms with Crippen LogP contribution in [0.5, 0.6) is 5.75 Å². The summed E-state index contributed by atoms with van der Waals surface area (Å²) in [4.78, 5) is 60.0. The number of carbonyl (C=O) groups is 3. The van der Waals surface area contributed by atoms with Crippen molar-refractivity contribution in [2.45, 2.75) is 32.1 Å². The number of pyridine rings is 1. The molecule has 0 fully saturated rings. The number of nitrogens with zero attached hydrogens (tertiary/aromatic N) is 4. The van der Waals surface area contributed by atoms with Crippen LogP contribution in [0.3, 0.4) is 0 Å². The van der Waals surface area contributed by atoms with E-state index in [-0.39, 0.29) is 53.4 Å². The Kier molecular flexibility index (Phi) is 11.2. The van der Waals surface area contributed by atoms with Crippen molar-refractivity contribution in [3.05, 3.63) is 99.8 Å². The molecule has 0 saturated heterocycles. The molecule has 254 valence electrons. The summed E-state index contributed by atoms with van der Waals surface area (Å²) in [5.74, 6) is -6.02. The van der Waals surface area contributed by atoms with E-state index in [9.17, 15) is 36.7 Å². The molecule has 0 unspecified atom stereocenters. The van der Waals surface area contributed by atoms with Crippen LogP contribution in [0.4, 0.5) is 28.0 Å². The highest BCUT2D eigenvalue weighted by Gasteiger charge is 2.25. The monoisotopic (exact) mass is 672 g/mol. The van der Waals surface area contributed by atoms with Gasteiger partial charge in [0.1, 0.15) is 35.3 Å². The summed E-state index contributed by atoms with van der Waals surface area (Å²) >= 11 is 0. The van der Waals surface area contributed by atoms with Gasteiger partial charge < -0.3 is 34.1 Å². The number of aromatic nitrogens is 3. The van der Waals surface area contributed by atoms with E-state index in [1.165, 1.54) is 49.5 Å². The maximum Gasteiger partial charge on any atom is 0.410 e. The highest BCUT2D eigenvalue weighted by atomic mass is 19.2. The molecule has 4 aromatic rings. The first-order chi connectivity index (χ1) is 22.7. The Morgan fingerprint density at radius 3 is 2.48 bits per heavy atom. The number of anilines is 1. The molecular weight excluding hydrogens is 640 g/mol. The number of fused-ring (bicyclic) bond motifs is 1. The first-order valence-electron chi connectivity index (χ1n) is 14.4. The largest absolute Gasteiger partial charge is 0.483 e. The number of nitrogens with one attached hydrogen (secondary N) is 2. The number of H-pyrrole nitrogens is 1. The minimum Gasteiger partial charge on any atom is -0.483 e. The highest BCUT2D eigenvalue weighted by Crippen LogP contribution is 2.31. The smallest absolute Gasteiger partial charge is 0.410 e. The summed E-state index contributed by atoms with van der Waals surface area (Å²) < 4.78 is 68.4. The Labute approximate surface area is 271 Å². The second-order valence-electron chi connectivity index (χ2n) is 10.9. The van der Waals surface area contributed by atoms with Crippen molar-refractivity contribution in [3.63, 3.8) is 0 Å². The summed E-state index contributed by atoms with van der Waals surface area (Å²) in [5, 5.41) is 2.47. The Balaban J connectivity index is 1.53. The van der Waals surface area contributed by atoms with Gasteiger partial charge in [0, 0.05) is 52.1 Å². The SMILES string of the molecule is CN(C)C(=O)/C=C/CC[C@H](OC(=O)N(C)C)C(=O)Nc1cccn(Cc2nc3c(OCc4ccc(F)cc4F)c(F)c(F)cc3[nH]2)c1=O. The molecule has 2 aromatic heterocycles. The van der Waals surface area contributed by atoms with E-state index < -0.39 is 59.3 Å². The lowest BCUT2D eigenvalue weighted by molar-refractivity contribution is -0.125. The van der Waals surface area contributed by atoms with Gasteiger partial charge in [-0.1, -0.05) is 6.08 Å². The van der Waals surface area contributed by atoms with E-state index in [0.717, 1.165) is 27.7 Å². The van der Waals surface area contributed by atoms with Crippen LogP contribution in [0.2, 0.25) is 0 Å². The molecule has 0 spiro atoms. The number of halogens is 4. The van der Waals surface area contributed by atoms with E-state index in [1.807, 2.05) is 0 Å². The number of likely N-dealkylation sites (N-methyl/N-ethyl adjacent to an activating group) is 1. The third kappa shape index (κ3) is 8.57. The molecule has 0 saturated carbocycles. The minimum atomic E-state index is -1.38. The van der Waals surface area contributed by atoms with Gasteiger partial charge in [-0.2, -0.15) is 4.39 Å². The standard InChI is InChI=1S/C32H32F4N6O6/c1-40(2)26(43)10-6-5-9-24(48-32(46)41(3)4)30(44)38-22-8-7-13-42(31(22)45)16-25-37-23-15-21(35)27(36)29(28(23)39-25)47-17-18-11-12-19(33)14-20(18)34/h6-8,10-15,24H,5,9,16-17H2,1-4H3,(H,37,39)(H,38,44)/b10-6+/t24-/m0/s1. The quantitative estimate of drug-likeness (QED) is 0.169. The number of benzene rings is 2. The molecule has 0 aliphatic carbocycles. The van der Waals surface area contributed by atoms with Crippen molar-refractivity contribution in [1.82, 2.24) is 24.3 Å². The Hall–Kier alpha value is -5.67. The second-order valence-corrected chi connectivity index (χ2v) is 10.9. The summed E-state index contributed by atoms with van der Waals surface area (Å²) in [6.45, 7) is -0.795. The van der Waals surface area contributed by atoms with Gasteiger partial charge in [0.15, 0.2) is 17.7 Å². The van der Waals surface area contributed by atoms with Gasteiger partial charge in [0.25, 0.3) is 11.5 Å². The van der Waals surface area contributed by atoms with Gasteiger partial charge in [-0.3, -0.25) is 14.4 Å². The predicted molar refractivity (Wildman–Crippen MR) is 166 cm³/mol. The summed E-state index contributed by atoms with van der Waals surface area (Å²) in [5.41, 5.74) is -1.07. The van der Waals surface area contributed by atoms with Crippen molar-refractivity contribution < 1.29 is 41.4 Å². The average Bonchev–Trinajstić information content (AvgIpc) is 3.42. The van der Waals surface area contributed by atoms with Crippen molar-refractivity contribution in [2.75, 3.05) is 33.5 Å². The zero-order chi connectivity index (χ0) is 35.1. The number of hydrogen-bond donors (Lipinski definition) is 2. The van der Waals surface area contributed by atoms with Gasteiger partial charge in [0.05, 0.1) is 12.1 Å². The molecule has 3 amide bonds. The minimum absolute atomic E-state index is 0.00789. The van der Waals surface area contributed by atoms with Crippen molar-refractivity contribution in [1.29, 1.82) is 0 Å². The van der Waals surface area contributed by atoms with Crippen LogP contribution in [0.1, 0.15) is 24.2 Å². The third-order valence-corrected chi connectivity index (χ3v) is 6.86. The molecule has 48 heavy (non-hydrogen) atoms. The zero-order valence-corrected chi connectivity index (χ0v) is 26.4. The zero-order valence-electron chi connectivity index (χ0n) is 26.4. The third-order valence-electron chi connectivity index (χ3n) is 6.86. The van der Waals surface area contributed by atoms with Gasteiger partial charge in [-0.15, -0.1) is 0 Å². The second kappa shape index (κ2) is 15.3. The topological polar surface area (TPSA) is 139 Å². The Bertz CT molecular complexity index is 1920. The van der Waals surface area contributed by atoms with Crippen LogP contribution in [0, 0.1) is 23.3 Å². The van der Waals surface area contributed by atoms with Crippen LogP contribution < -0.4 is 15.6 Å². The highest BCUT2D eigenvalue weighted by molar-refractivity contribution is 5.95. The molecule has 0 radical (unpaired) electrons. The lowest BCUT2D eigenvalue weighted by atomic mass is 10.1. The average molecular weight is 673 g/mol. The lowest BCUT2D eigenvalue weighted by Crippen LogP contribution is -2.37. The molecule has 0 bridgehead atoms. The molecule has 0 aliphatic heterocycles. The number of aromatic amines is 1. The molecule has 2 heterocycles. The summed E-state index contributed by atoms with van der Waals surface area (Å²) in [6.07, 6.45) is 2.34. The fourth-order valence-corrected chi connectivity index (χ4v) is 4.30. The molecular formula is C32H32F4N6O6. The summed E-state index contributed by atoms with van der Waals surface area (Å²) in [6, 6.07) is 6.36. The van der Waals surface area contributed by atoms with E-state index in [4.69, 9.17) is 9.47 Å². The number of carbonyl (C=O) groups excluding carboxylic acids is 3. The Morgan fingerprint density at radius 1 is 1.04 bits per heavy atom. The molecule has 1 atom stereocenters. The summed E-state index contributed by atoms with van der Waals surface area (Å²) in [7, 11) is 6.03. The number of amides is 3. The lowest BCUT2D eigenvalue weighted by Gasteiger charge is -2.19. The van der Waals surface area contributed by atoms with Gasteiger partial charge in [-0.25, -0.2) is 22.9 Å². The fourth-order valence-electron chi connectivity index (χ4n) is 4.30. The Morgan fingerprint density at radius 2 is 1.79 bits per heavy atom. The van der Waals surface area contributed by atoms with E-state index >= 15 is 0 Å². The molecule has 2 aromatic carbocycles. The fraction of sp³-hybridized carbons (Fsp3) is 0.281. The van der Waals surface area contributed by atoms with Crippen LogP contribution in [-0.2, 0) is 27.5 Å². The van der Waals surface area contributed by atoms with Crippen LogP contribution in [0.25, 0.3) is 11.0 Å². The van der Waals surface area contributed by atoms with Gasteiger partial charge >= 0.3 is 6.09 Å². The van der Waals surface area contributed by atoms with Crippen LogP contribution in [0.15, 0.2) is 59.5 Å². The molecule has 4 rings (SSSR count).